The normalized spacial score (nSPS) is 14.6. The second-order valence-electron chi connectivity index (χ2n) is 4.36. The Bertz CT molecular complexity index is 313. The van der Waals surface area contributed by atoms with Crippen LogP contribution in [0.25, 0.3) is 0 Å². The van der Waals surface area contributed by atoms with E-state index in [1.54, 1.807) is 12.1 Å². The molecule has 0 aliphatic rings. The summed E-state index contributed by atoms with van der Waals surface area (Å²) in [6, 6.07) is 6.50. The van der Waals surface area contributed by atoms with Gasteiger partial charge in [0.25, 0.3) is 0 Å². The van der Waals surface area contributed by atoms with Crippen molar-refractivity contribution in [2.24, 2.45) is 5.73 Å². The summed E-state index contributed by atoms with van der Waals surface area (Å²) in [6.07, 6.45) is 3.78. The number of unbranched alkanes of at least 4 members (excludes halogenated alkanes) is 2. The first-order valence-corrected chi connectivity index (χ1v) is 7.32. The fourth-order valence-electron chi connectivity index (χ4n) is 1.68. The maximum atomic E-state index is 12.8. The maximum Gasteiger partial charge on any atom is 0.123 e. The lowest BCUT2D eigenvalue weighted by molar-refractivity contribution is 0.624. The second-order valence-corrected chi connectivity index (χ2v) is 5.85. The molecule has 1 aromatic rings. The molecule has 0 saturated carbocycles. The summed E-state index contributed by atoms with van der Waals surface area (Å²) in [7, 11) is 0. The first-order chi connectivity index (χ1) is 8.15. The molecule has 0 heterocycles. The maximum absolute atomic E-state index is 12.8. The molecule has 1 nitrogen and oxygen atoms in total. The molecule has 0 aromatic heterocycles. The van der Waals surface area contributed by atoms with Crippen molar-refractivity contribution in [3.63, 3.8) is 0 Å². The van der Waals surface area contributed by atoms with Gasteiger partial charge < -0.3 is 5.73 Å². The standard InChI is InChI=1S/C14H22FNS/c1-3-4-5-10-17-11(2)14(16)12-6-8-13(15)9-7-12/h6-9,11,14H,3-5,10,16H2,1-2H3. The van der Waals surface area contributed by atoms with Gasteiger partial charge in [-0.15, -0.1) is 0 Å². The van der Waals surface area contributed by atoms with Crippen LogP contribution < -0.4 is 5.73 Å². The van der Waals surface area contributed by atoms with E-state index in [4.69, 9.17) is 5.73 Å². The highest BCUT2D eigenvalue weighted by Gasteiger charge is 2.14. The molecule has 2 atom stereocenters. The number of halogens is 1. The van der Waals surface area contributed by atoms with Gasteiger partial charge in [0.2, 0.25) is 0 Å². The monoisotopic (exact) mass is 255 g/mol. The van der Waals surface area contributed by atoms with Crippen LogP contribution in [0.1, 0.15) is 44.7 Å². The Morgan fingerprint density at radius 3 is 2.47 bits per heavy atom. The summed E-state index contributed by atoms with van der Waals surface area (Å²) in [5, 5.41) is 0.373. The van der Waals surface area contributed by atoms with Gasteiger partial charge in [0.15, 0.2) is 0 Å². The van der Waals surface area contributed by atoms with E-state index in [2.05, 4.69) is 13.8 Å². The lowest BCUT2D eigenvalue weighted by Gasteiger charge is -2.19. The Balaban J connectivity index is 2.40. The average molecular weight is 255 g/mol. The lowest BCUT2D eigenvalue weighted by atomic mass is 10.1. The Morgan fingerprint density at radius 1 is 1.24 bits per heavy atom. The van der Waals surface area contributed by atoms with Crippen molar-refractivity contribution in [2.45, 2.75) is 44.4 Å². The summed E-state index contributed by atoms with van der Waals surface area (Å²) in [4.78, 5) is 0. The number of thioether (sulfide) groups is 1. The summed E-state index contributed by atoms with van der Waals surface area (Å²) < 4.78 is 12.8. The van der Waals surface area contributed by atoms with Gasteiger partial charge in [-0.1, -0.05) is 38.8 Å². The van der Waals surface area contributed by atoms with Gasteiger partial charge in [0, 0.05) is 11.3 Å². The average Bonchev–Trinajstić information content (AvgIpc) is 2.34. The van der Waals surface area contributed by atoms with Crippen LogP contribution in [0.5, 0.6) is 0 Å². The van der Waals surface area contributed by atoms with Crippen LogP contribution in [0.2, 0.25) is 0 Å². The molecule has 0 bridgehead atoms. The van der Waals surface area contributed by atoms with Crippen LogP contribution in [-0.4, -0.2) is 11.0 Å². The molecule has 2 unspecified atom stereocenters. The Labute approximate surface area is 108 Å². The van der Waals surface area contributed by atoms with Crippen molar-refractivity contribution in [3.8, 4) is 0 Å². The molecule has 3 heteroatoms. The molecule has 0 saturated heterocycles. The first-order valence-electron chi connectivity index (χ1n) is 6.27. The van der Waals surface area contributed by atoms with Crippen molar-refractivity contribution < 1.29 is 4.39 Å². The summed E-state index contributed by atoms with van der Waals surface area (Å²) in [6.45, 7) is 4.35. The SMILES string of the molecule is CCCCCSC(C)C(N)c1ccc(F)cc1. The number of rotatable bonds is 7. The zero-order valence-corrected chi connectivity index (χ0v) is 11.5. The van der Waals surface area contributed by atoms with Crippen LogP contribution in [0.3, 0.4) is 0 Å². The minimum atomic E-state index is -0.204. The van der Waals surface area contributed by atoms with Crippen LogP contribution in [0.15, 0.2) is 24.3 Å². The fourth-order valence-corrected chi connectivity index (χ4v) is 2.79. The highest BCUT2D eigenvalue weighted by atomic mass is 32.2. The number of hydrogen-bond donors (Lipinski definition) is 1. The Hall–Kier alpha value is -0.540. The van der Waals surface area contributed by atoms with Gasteiger partial charge in [-0.2, -0.15) is 11.8 Å². The van der Waals surface area contributed by atoms with Crippen molar-refractivity contribution in [1.29, 1.82) is 0 Å². The van der Waals surface area contributed by atoms with E-state index in [0.29, 0.717) is 5.25 Å². The van der Waals surface area contributed by atoms with E-state index in [1.165, 1.54) is 31.4 Å². The molecule has 0 spiro atoms. The number of benzene rings is 1. The summed E-state index contributed by atoms with van der Waals surface area (Å²) >= 11 is 1.90. The van der Waals surface area contributed by atoms with Gasteiger partial charge in [-0.25, -0.2) is 4.39 Å². The smallest absolute Gasteiger partial charge is 0.123 e. The molecule has 0 aliphatic heterocycles. The van der Waals surface area contributed by atoms with E-state index >= 15 is 0 Å². The molecule has 1 rings (SSSR count). The third-order valence-electron chi connectivity index (χ3n) is 2.89. The molecule has 0 aliphatic carbocycles. The van der Waals surface area contributed by atoms with Gasteiger partial charge in [0.1, 0.15) is 5.82 Å². The molecule has 0 radical (unpaired) electrons. The first kappa shape index (κ1) is 14.5. The topological polar surface area (TPSA) is 26.0 Å². The third kappa shape index (κ3) is 5.09. The minimum absolute atomic E-state index is 0.0118. The van der Waals surface area contributed by atoms with Crippen molar-refractivity contribution in [1.82, 2.24) is 0 Å². The van der Waals surface area contributed by atoms with Crippen LogP contribution in [0, 0.1) is 5.82 Å². The second kappa shape index (κ2) is 7.72. The summed E-state index contributed by atoms with van der Waals surface area (Å²) in [5.74, 6) is 0.952. The Morgan fingerprint density at radius 2 is 1.88 bits per heavy atom. The summed E-state index contributed by atoms with van der Waals surface area (Å²) in [5.41, 5.74) is 7.18. The molecule has 0 amide bonds. The largest absolute Gasteiger partial charge is 0.323 e. The quantitative estimate of drug-likeness (QED) is 0.741. The van der Waals surface area contributed by atoms with Crippen molar-refractivity contribution in [2.75, 3.05) is 5.75 Å². The van der Waals surface area contributed by atoms with Crippen LogP contribution in [0.4, 0.5) is 4.39 Å². The molecule has 2 N–H and O–H groups in total. The van der Waals surface area contributed by atoms with Crippen molar-refractivity contribution >= 4 is 11.8 Å². The van der Waals surface area contributed by atoms with E-state index < -0.39 is 0 Å². The van der Waals surface area contributed by atoms with Crippen LogP contribution >= 0.6 is 11.8 Å². The van der Waals surface area contributed by atoms with E-state index in [0.717, 1.165) is 11.3 Å². The third-order valence-corrected chi connectivity index (χ3v) is 4.23. The van der Waals surface area contributed by atoms with Gasteiger partial charge in [-0.3, -0.25) is 0 Å². The zero-order valence-electron chi connectivity index (χ0n) is 10.7. The predicted octanol–water partition coefficient (Wildman–Crippen LogP) is 4.14. The van der Waals surface area contributed by atoms with Gasteiger partial charge in [0.05, 0.1) is 0 Å². The van der Waals surface area contributed by atoms with E-state index in [1.807, 2.05) is 11.8 Å². The minimum Gasteiger partial charge on any atom is -0.323 e. The molecule has 96 valence electrons. The molecule has 17 heavy (non-hydrogen) atoms. The molecular formula is C14H22FNS. The van der Waals surface area contributed by atoms with Crippen LogP contribution in [-0.2, 0) is 0 Å². The Kier molecular flexibility index (Phi) is 6.60. The highest BCUT2D eigenvalue weighted by molar-refractivity contribution is 7.99. The van der Waals surface area contributed by atoms with Gasteiger partial charge in [-0.05, 0) is 29.9 Å². The predicted molar refractivity (Wildman–Crippen MR) is 74.8 cm³/mol. The van der Waals surface area contributed by atoms with Crippen molar-refractivity contribution in [3.05, 3.63) is 35.6 Å². The molecule has 0 fully saturated rings. The molecule has 1 aromatic carbocycles. The number of nitrogens with two attached hydrogens (primary N) is 1. The number of hydrogen-bond acceptors (Lipinski definition) is 2. The van der Waals surface area contributed by atoms with Gasteiger partial charge >= 0.3 is 0 Å². The zero-order chi connectivity index (χ0) is 12.7. The van der Waals surface area contributed by atoms with E-state index in [-0.39, 0.29) is 11.9 Å². The van der Waals surface area contributed by atoms with E-state index in [9.17, 15) is 4.39 Å². The molecular weight excluding hydrogens is 233 g/mol. The fraction of sp³-hybridized carbons (Fsp3) is 0.571. The lowest BCUT2D eigenvalue weighted by Crippen LogP contribution is -2.21. The highest BCUT2D eigenvalue weighted by Crippen LogP contribution is 2.25.